The van der Waals surface area contributed by atoms with Crippen molar-refractivity contribution in [2.45, 2.75) is 11.8 Å². The molecule has 0 aromatic heterocycles. The van der Waals surface area contributed by atoms with E-state index in [0.29, 0.717) is 0 Å². The molecule has 0 saturated carbocycles. The zero-order chi connectivity index (χ0) is 15.5. The maximum atomic E-state index is 6.38. The SMILES string of the molecule is Clc1ccc(C(CBr)(CBr)Cc2ccc(Br)cc2Cl)cc1. The molecule has 0 fully saturated rings. The molecule has 112 valence electrons. The van der Waals surface area contributed by atoms with Crippen molar-refractivity contribution < 1.29 is 0 Å². The summed E-state index contributed by atoms with van der Waals surface area (Å²) in [6.07, 6.45) is 0.844. The fourth-order valence-corrected chi connectivity index (χ4v) is 5.06. The minimum atomic E-state index is -0.0674. The summed E-state index contributed by atoms with van der Waals surface area (Å²) < 4.78 is 0.992. The van der Waals surface area contributed by atoms with Gasteiger partial charge in [0, 0.05) is 30.6 Å². The molecule has 21 heavy (non-hydrogen) atoms. The minimum Gasteiger partial charge on any atom is -0.0918 e. The summed E-state index contributed by atoms with van der Waals surface area (Å²) in [4.78, 5) is 0. The lowest BCUT2D eigenvalue weighted by Crippen LogP contribution is -2.33. The van der Waals surface area contributed by atoms with Gasteiger partial charge in [0.2, 0.25) is 0 Å². The molecule has 0 unspecified atom stereocenters. The molecule has 0 aliphatic carbocycles. The third kappa shape index (κ3) is 4.26. The first-order valence-corrected chi connectivity index (χ1v) is 10.1. The molecule has 0 nitrogen and oxygen atoms in total. The van der Waals surface area contributed by atoms with Crippen LogP contribution in [0.4, 0.5) is 0 Å². The lowest BCUT2D eigenvalue weighted by molar-refractivity contribution is 0.551. The summed E-state index contributed by atoms with van der Waals surface area (Å²) in [6, 6.07) is 14.1. The van der Waals surface area contributed by atoms with E-state index in [0.717, 1.165) is 37.2 Å². The monoisotopic (exact) mass is 512 g/mol. The van der Waals surface area contributed by atoms with Gasteiger partial charge in [-0.3, -0.25) is 0 Å². The molecule has 0 heterocycles. The lowest BCUT2D eigenvalue weighted by atomic mass is 9.79. The van der Waals surface area contributed by atoms with Crippen molar-refractivity contribution in [1.82, 2.24) is 0 Å². The van der Waals surface area contributed by atoms with Crippen molar-refractivity contribution in [3.8, 4) is 0 Å². The molecule has 2 aromatic rings. The van der Waals surface area contributed by atoms with Gasteiger partial charge in [0.25, 0.3) is 0 Å². The van der Waals surface area contributed by atoms with Gasteiger partial charge in [0.15, 0.2) is 0 Å². The molecule has 0 amide bonds. The Morgan fingerprint density at radius 1 is 0.905 bits per heavy atom. The highest BCUT2D eigenvalue weighted by molar-refractivity contribution is 9.10. The molecule has 0 atom stereocenters. The van der Waals surface area contributed by atoms with Crippen molar-refractivity contribution >= 4 is 71.0 Å². The van der Waals surface area contributed by atoms with Crippen LogP contribution in [0.3, 0.4) is 0 Å². The average molecular weight is 516 g/mol. The fourth-order valence-electron chi connectivity index (χ4n) is 2.22. The molecular weight excluding hydrogens is 503 g/mol. The Labute approximate surface area is 160 Å². The van der Waals surface area contributed by atoms with E-state index in [1.54, 1.807) is 0 Å². The van der Waals surface area contributed by atoms with Gasteiger partial charge >= 0.3 is 0 Å². The van der Waals surface area contributed by atoms with Crippen LogP contribution in [0.1, 0.15) is 11.1 Å². The van der Waals surface area contributed by atoms with Gasteiger partial charge in [-0.05, 0) is 41.8 Å². The van der Waals surface area contributed by atoms with Crippen molar-refractivity contribution in [1.29, 1.82) is 0 Å². The van der Waals surface area contributed by atoms with Gasteiger partial charge < -0.3 is 0 Å². The van der Waals surface area contributed by atoms with Gasteiger partial charge in [0.05, 0.1) is 0 Å². The first kappa shape index (κ1) is 17.8. The molecule has 0 radical (unpaired) electrons. The van der Waals surface area contributed by atoms with Crippen LogP contribution in [-0.2, 0) is 11.8 Å². The molecule has 2 aromatic carbocycles. The van der Waals surface area contributed by atoms with Crippen LogP contribution in [0.15, 0.2) is 46.9 Å². The van der Waals surface area contributed by atoms with Crippen LogP contribution in [-0.4, -0.2) is 10.7 Å². The summed E-state index contributed by atoms with van der Waals surface area (Å²) in [5.41, 5.74) is 2.30. The van der Waals surface area contributed by atoms with Crippen LogP contribution >= 0.6 is 71.0 Å². The second-order valence-corrected chi connectivity index (χ2v) is 7.85. The Morgan fingerprint density at radius 3 is 2.05 bits per heavy atom. The number of halogens is 5. The van der Waals surface area contributed by atoms with Crippen LogP contribution in [0.25, 0.3) is 0 Å². The predicted molar refractivity (Wildman–Crippen MR) is 104 cm³/mol. The highest BCUT2D eigenvalue weighted by atomic mass is 79.9. The maximum Gasteiger partial charge on any atom is 0.0449 e. The second kappa shape index (κ2) is 7.83. The van der Waals surface area contributed by atoms with E-state index in [-0.39, 0.29) is 5.41 Å². The number of benzene rings is 2. The first-order valence-electron chi connectivity index (χ1n) is 6.33. The molecular formula is C16H13Br3Cl2. The summed E-state index contributed by atoms with van der Waals surface area (Å²) in [6.45, 7) is 0. The number of alkyl halides is 2. The largest absolute Gasteiger partial charge is 0.0918 e. The average Bonchev–Trinajstić information content (AvgIpc) is 2.48. The summed E-state index contributed by atoms with van der Waals surface area (Å²) >= 11 is 23.2. The van der Waals surface area contributed by atoms with Gasteiger partial charge in [-0.2, -0.15) is 0 Å². The van der Waals surface area contributed by atoms with Crippen LogP contribution in [0.2, 0.25) is 10.0 Å². The normalized spacial score (nSPS) is 11.7. The predicted octanol–water partition coefficient (Wildman–Crippen LogP) is 7.03. The zero-order valence-corrected chi connectivity index (χ0v) is 17.3. The number of hydrogen-bond donors (Lipinski definition) is 0. The van der Waals surface area contributed by atoms with Gasteiger partial charge in [0.1, 0.15) is 0 Å². The highest BCUT2D eigenvalue weighted by Crippen LogP contribution is 2.36. The third-order valence-electron chi connectivity index (χ3n) is 3.51. The molecule has 5 heteroatoms. The molecule has 0 saturated heterocycles. The van der Waals surface area contributed by atoms with Crippen molar-refractivity contribution in [3.63, 3.8) is 0 Å². The first-order chi connectivity index (χ1) is 10.0. The van der Waals surface area contributed by atoms with Gasteiger partial charge in [-0.25, -0.2) is 0 Å². The van der Waals surface area contributed by atoms with Gasteiger partial charge in [-0.1, -0.05) is 89.2 Å². The van der Waals surface area contributed by atoms with E-state index < -0.39 is 0 Å². The van der Waals surface area contributed by atoms with E-state index in [9.17, 15) is 0 Å². The smallest absolute Gasteiger partial charge is 0.0449 e. The van der Waals surface area contributed by atoms with Gasteiger partial charge in [-0.15, -0.1) is 0 Å². The standard InChI is InChI=1S/C16H13Br3Cl2/c17-9-16(10-18,12-2-5-14(20)6-3-12)8-11-1-4-13(19)7-15(11)21/h1-7H,8-10H2. The molecule has 2 rings (SSSR count). The van der Waals surface area contributed by atoms with E-state index in [1.165, 1.54) is 5.56 Å². The van der Waals surface area contributed by atoms with Crippen LogP contribution in [0, 0.1) is 0 Å². The minimum absolute atomic E-state index is 0.0674. The third-order valence-corrected chi connectivity index (χ3v) is 6.76. The Balaban J connectivity index is 2.40. The van der Waals surface area contributed by atoms with E-state index >= 15 is 0 Å². The van der Waals surface area contributed by atoms with Crippen molar-refractivity contribution in [2.75, 3.05) is 10.7 Å². The Kier molecular flexibility index (Phi) is 6.64. The zero-order valence-electron chi connectivity index (χ0n) is 11.1. The van der Waals surface area contributed by atoms with Crippen molar-refractivity contribution in [2.24, 2.45) is 0 Å². The highest BCUT2D eigenvalue weighted by Gasteiger charge is 2.31. The Morgan fingerprint density at radius 2 is 1.52 bits per heavy atom. The Bertz CT molecular complexity index is 607. The van der Waals surface area contributed by atoms with Crippen molar-refractivity contribution in [3.05, 3.63) is 68.1 Å². The quantitative estimate of drug-likeness (QED) is 0.375. The summed E-state index contributed by atoms with van der Waals surface area (Å²) in [5.74, 6) is 0. The van der Waals surface area contributed by atoms with E-state index in [1.807, 2.05) is 24.3 Å². The van der Waals surface area contributed by atoms with Crippen LogP contribution < -0.4 is 0 Å². The van der Waals surface area contributed by atoms with E-state index in [2.05, 4.69) is 66.0 Å². The molecule has 0 N–H and O–H groups in total. The summed E-state index contributed by atoms with van der Waals surface area (Å²) in [7, 11) is 0. The lowest BCUT2D eigenvalue weighted by Gasteiger charge is -2.31. The molecule has 0 spiro atoms. The number of hydrogen-bond acceptors (Lipinski definition) is 0. The van der Waals surface area contributed by atoms with Crippen LogP contribution in [0.5, 0.6) is 0 Å². The summed E-state index contributed by atoms with van der Waals surface area (Å²) in [5, 5.41) is 3.20. The topological polar surface area (TPSA) is 0 Å². The molecule has 0 aliphatic rings. The Hall–Kier alpha value is 0.460. The fraction of sp³-hybridized carbons (Fsp3) is 0.250. The molecule has 0 bridgehead atoms. The second-order valence-electron chi connectivity index (χ2n) is 4.97. The molecule has 0 aliphatic heterocycles. The van der Waals surface area contributed by atoms with E-state index in [4.69, 9.17) is 23.2 Å². The maximum absolute atomic E-state index is 6.38. The number of rotatable bonds is 5.